The van der Waals surface area contributed by atoms with Crippen LogP contribution in [0.4, 0.5) is 0 Å². The van der Waals surface area contributed by atoms with Crippen molar-refractivity contribution in [3.8, 4) is 0 Å². The third-order valence-corrected chi connectivity index (χ3v) is 24.6. The number of nitrogens with zero attached hydrogens (tertiary/aromatic N) is 6. The van der Waals surface area contributed by atoms with Crippen LogP contribution in [0, 0.1) is 5.92 Å². The first-order chi connectivity index (χ1) is 63.4. The molecule has 5 heterocycles. The number of likely N-dealkylation sites (N-methyl/N-ethyl adjacent to an activating group) is 4. The van der Waals surface area contributed by atoms with Crippen molar-refractivity contribution in [2.45, 2.75) is 235 Å². The van der Waals surface area contributed by atoms with Crippen LogP contribution >= 0.6 is 11.8 Å². The van der Waals surface area contributed by atoms with E-state index in [4.69, 9.17) is 17.2 Å². The largest absolute Gasteiger partial charge is 0.481 e. The van der Waals surface area contributed by atoms with Crippen LogP contribution in [0.2, 0.25) is 0 Å². The highest BCUT2D eigenvalue weighted by atomic mass is 32.2. The van der Waals surface area contributed by atoms with E-state index in [2.05, 4.69) is 73.1 Å². The number of amides is 17. The van der Waals surface area contributed by atoms with Gasteiger partial charge in [-0.2, -0.15) is 0 Å². The molecule has 41 nitrogen and oxygen atoms in total. The number of hydrogen-bond acceptors (Lipinski definition) is 21. The summed E-state index contributed by atoms with van der Waals surface area (Å²) in [6, 6.07) is 3.19. The molecule has 0 saturated carbocycles. The number of rotatable bonds is 28. The maximum absolute atomic E-state index is 15.8. The molecule has 2 fully saturated rings. The molecule has 0 unspecified atom stereocenters. The highest BCUT2D eigenvalue weighted by molar-refractivity contribution is 8.00. The van der Waals surface area contributed by atoms with Crippen LogP contribution in [0.25, 0.3) is 21.8 Å². The minimum atomic E-state index is -1.76. The zero-order chi connectivity index (χ0) is 97.3. The summed E-state index contributed by atoms with van der Waals surface area (Å²) in [6.07, 6.45) is 5.46. The molecular weight excluding hydrogens is 1740 g/mol. The number of fused-ring (bicyclic) bond motifs is 3. The maximum Gasteiger partial charge on any atom is 0.303 e. The van der Waals surface area contributed by atoms with Gasteiger partial charge in [0.05, 0.1) is 31.6 Å². The smallest absolute Gasteiger partial charge is 0.303 e. The number of hydrogen-bond donors (Lipinski definition) is 17. The number of carbonyl (C=O) groups excluding carboxylic acids is 17. The van der Waals surface area contributed by atoms with Gasteiger partial charge in [-0.25, -0.2) is 4.98 Å². The van der Waals surface area contributed by atoms with Gasteiger partial charge in [-0.05, 0) is 106 Å². The van der Waals surface area contributed by atoms with Crippen LogP contribution < -0.4 is 70.4 Å². The second-order valence-electron chi connectivity index (χ2n) is 34.2. The molecule has 0 bridgehead atoms. The fourth-order valence-corrected chi connectivity index (χ4v) is 17.0. The summed E-state index contributed by atoms with van der Waals surface area (Å²) in [6.45, 7) is 7.17. The number of unbranched alkanes of at least 4 members (excludes halogenated alkanes) is 3. The number of aromatic amines is 3. The van der Waals surface area contributed by atoms with Crippen molar-refractivity contribution in [1.82, 2.24) is 97.6 Å². The average Bonchev–Trinajstić information content (AvgIpc) is 1.73. The summed E-state index contributed by atoms with van der Waals surface area (Å²) in [4.78, 5) is 280. The van der Waals surface area contributed by atoms with Gasteiger partial charge in [0.15, 0.2) is 0 Å². The van der Waals surface area contributed by atoms with Crippen LogP contribution in [0.3, 0.4) is 0 Å². The molecule has 0 radical (unpaired) electrons. The standard InChI is InChI=1S/C91H128N22O19S/c1-10-12-31-71-85(126)103-63(34-35-78(118)119)82(123)108-70(80(121)98-47-75(94)115)49-133-50-77(117)101-67(39-54-24-15-14-16-25-54)88(129)110(7)53(5)79(120)105-69(43-74(93)114)90(131)113-37-23-33-72(113)86(127)104-65(42-57-46-95-51-99-57)84(125)106-66(38-52(3)4)87(128)109(6)48-76(116)100-64(40-55-44-96-60-28-19-17-26-58(55)60)83(124)102-62(30-21-22-36-92)81(122)107-68(41-56-45-97-61-29-20-18-27-59(56)61)89(130)112(9)73(32-13-11-2)91(132)111(71)8/h14-20,24-29,44-46,51-53,62-73,96-97H,10-13,21-23,30-43,47-50,92H2,1-9H3,(H2,93,114)(H2,94,115)(H,95,99)(H,98,121)(H,100,116)(H,101,117)(H,102,124)(H,103,126)(H,104,127)(H,105,120)(H,106,125)(H,107,122)(H,108,123)(H,118,119)/t53-,62-,63-,64-,65-,66-,67-,68-,69-,70-,71-,72-,73-/m0/s1. The molecular formula is C91H128N22O19S. The van der Waals surface area contributed by atoms with Crippen LogP contribution in [0.15, 0.2) is 104 Å². The predicted octanol–water partition coefficient (Wildman–Crippen LogP) is -0.400. The minimum Gasteiger partial charge on any atom is -0.481 e. The molecule has 2 aliphatic heterocycles. The lowest BCUT2D eigenvalue weighted by Gasteiger charge is -2.36. The fraction of sp³-hybridized carbons (Fsp3) is 0.527. The topological polar surface area (TPSA) is 602 Å². The lowest BCUT2D eigenvalue weighted by Crippen LogP contribution is -2.61. The quantitative estimate of drug-likeness (QED) is 0.0278. The minimum absolute atomic E-state index is 0.00471. The molecule has 42 heteroatoms. The van der Waals surface area contributed by atoms with Gasteiger partial charge in [-0.1, -0.05) is 120 Å². The first kappa shape index (κ1) is 105. The number of nitrogens with one attached hydrogen (secondary N) is 13. The molecule has 8 rings (SSSR count). The Morgan fingerprint density at radius 1 is 0.526 bits per heavy atom. The number of carboxylic acid groups (broad SMARTS) is 1. The summed E-state index contributed by atoms with van der Waals surface area (Å²) in [5, 5.41) is 38.1. The van der Waals surface area contributed by atoms with E-state index >= 15 is 24.0 Å². The second-order valence-corrected chi connectivity index (χ2v) is 35.2. The van der Waals surface area contributed by atoms with Gasteiger partial charge in [-0.15, -0.1) is 11.8 Å². The molecule has 2 aliphatic rings. The number of para-hydroxylation sites is 2. The molecule has 0 spiro atoms. The Morgan fingerprint density at radius 2 is 1.06 bits per heavy atom. The number of aromatic nitrogens is 4. The van der Waals surface area contributed by atoms with E-state index in [9.17, 15) is 67.4 Å². The highest BCUT2D eigenvalue weighted by Gasteiger charge is 2.44. The van der Waals surface area contributed by atoms with Crippen molar-refractivity contribution in [3.05, 3.63) is 126 Å². The Kier molecular flexibility index (Phi) is 40.7. The number of imidazole rings is 1. The predicted molar refractivity (Wildman–Crippen MR) is 493 cm³/mol. The van der Waals surface area contributed by atoms with Crippen LogP contribution in [-0.4, -0.2) is 300 Å². The van der Waals surface area contributed by atoms with Crippen molar-refractivity contribution in [2.75, 3.05) is 65.9 Å². The molecule has 3 aromatic heterocycles. The van der Waals surface area contributed by atoms with Crippen molar-refractivity contribution in [3.63, 3.8) is 0 Å². The first-order valence-corrected chi connectivity index (χ1v) is 46.1. The lowest BCUT2D eigenvalue weighted by atomic mass is 9.99. The number of carbonyl (C=O) groups is 18. The molecule has 13 atom stereocenters. The van der Waals surface area contributed by atoms with E-state index in [0.717, 1.165) is 31.4 Å². The molecule has 6 aromatic rings. The van der Waals surface area contributed by atoms with Crippen LogP contribution in [0.1, 0.15) is 153 Å². The normalized spacial score (nSPS) is 23.5. The molecule has 2 saturated heterocycles. The summed E-state index contributed by atoms with van der Waals surface area (Å²) in [5.41, 5.74) is 20.5. The van der Waals surface area contributed by atoms with Crippen LogP contribution in [0.5, 0.6) is 0 Å². The zero-order valence-electron chi connectivity index (χ0n) is 76.7. The van der Waals surface area contributed by atoms with Crippen molar-refractivity contribution >= 4 is 140 Å². The van der Waals surface area contributed by atoms with Crippen molar-refractivity contribution < 1.29 is 91.4 Å². The Hall–Kier alpha value is -13.3. The van der Waals surface area contributed by atoms with Gasteiger partial charge >= 0.3 is 5.97 Å². The monoisotopic (exact) mass is 1860 g/mol. The number of benzene rings is 3. The summed E-state index contributed by atoms with van der Waals surface area (Å²) in [5.74, 6) is -18.1. The van der Waals surface area contributed by atoms with Gasteiger partial charge in [0.1, 0.15) is 78.5 Å². The number of H-pyrrole nitrogens is 3. The summed E-state index contributed by atoms with van der Waals surface area (Å²) in [7, 11) is 5.26. The van der Waals surface area contributed by atoms with E-state index < -0.39 is 229 Å². The molecule has 722 valence electrons. The van der Waals surface area contributed by atoms with Crippen LogP contribution in [-0.2, 0) is 112 Å². The van der Waals surface area contributed by atoms with Crippen molar-refractivity contribution in [1.29, 1.82) is 0 Å². The van der Waals surface area contributed by atoms with E-state index in [1.54, 1.807) is 93.0 Å². The average molecular weight is 1870 g/mol. The number of thioether (sulfide) groups is 1. The Morgan fingerprint density at radius 3 is 1.66 bits per heavy atom. The van der Waals surface area contributed by atoms with Crippen molar-refractivity contribution in [2.24, 2.45) is 23.1 Å². The Labute approximate surface area is 775 Å². The number of nitrogens with two attached hydrogens (primary N) is 3. The van der Waals surface area contributed by atoms with Gasteiger partial charge in [0.25, 0.3) is 0 Å². The van der Waals surface area contributed by atoms with E-state index in [-0.39, 0.29) is 89.6 Å². The number of carboxylic acids is 1. The van der Waals surface area contributed by atoms with Gasteiger partial charge in [-0.3, -0.25) is 86.3 Å². The first-order valence-electron chi connectivity index (χ1n) is 44.9. The second kappa shape index (κ2) is 51.5. The molecule has 0 aliphatic carbocycles. The number of aliphatic carboxylic acids is 1. The third kappa shape index (κ3) is 30.9. The Bertz CT molecular complexity index is 5070. The van der Waals surface area contributed by atoms with Gasteiger partial charge in [0, 0.05) is 119 Å². The SMILES string of the molecule is CCCC[C@H]1C(=O)N(C)[C@@H](CCCC)C(=O)N[C@@H](CCC(=O)O)C(=O)N[C@H](C(=O)NCC(N)=O)CSCC(=O)N[C@@H](Cc2ccccc2)C(=O)N(C)[C@@H](C)C(=O)N[C@@H](CC(N)=O)C(=O)N2CCC[C@H]2C(=O)N[C@@H](Cc2cnc[nH]2)C(=O)N[C@@H](CC(C)C)C(=O)N(C)CC(=O)N[C@@H](Cc2c[nH]c3ccccc23)C(=O)N[C@@H](CCCCN)C(=O)N[C@@H](Cc2c[nH]c3ccccc23)C(=O)N1C. The van der Waals surface area contributed by atoms with Gasteiger partial charge < -0.3 is 115 Å². The molecule has 3 aromatic carbocycles. The molecule has 133 heavy (non-hydrogen) atoms. The van der Waals surface area contributed by atoms with Gasteiger partial charge in [0.2, 0.25) is 100 Å². The van der Waals surface area contributed by atoms with E-state index in [0.29, 0.717) is 76.3 Å². The highest BCUT2D eigenvalue weighted by Crippen LogP contribution is 2.27. The summed E-state index contributed by atoms with van der Waals surface area (Å²) < 4.78 is 0. The zero-order valence-corrected chi connectivity index (χ0v) is 77.5. The number of primary amides is 2. The summed E-state index contributed by atoms with van der Waals surface area (Å²) >= 11 is 0.751. The lowest BCUT2D eigenvalue weighted by molar-refractivity contribution is -0.149. The van der Waals surface area contributed by atoms with E-state index in [1.165, 1.54) is 52.5 Å². The maximum atomic E-state index is 15.8. The third-order valence-electron chi connectivity index (χ3n) is 23.6. The fourth-order valence-electron chi connectivity index (χ4n) is 16.1. The Balaban J connectivity index is 1.19. The van der Waals surface area contributed by atoms with E-state index in [1.807, 2.05) is 26.0 Å². The molecule has 17 amide bonds. The molecule has 20 N–H and O–H groups in total.